The first kappa shape index (κ1) is 20.9. The highest BCUT2D eigenvalue weighted by Gasteiger charge is 2.48. The lowest BCUT2D eigenvalue weighted by Gasteiger charge is -2.24. The van der Waals surface area contributed by atoms with Crippen LogP contribution in [0.3, 0.4) is 0 Å². The molecular weight excluding hydrogens is 420 g/mol. The molecular formula is C22H24N2O4S2. The molecule has 158 valence electrons. The molecule has 0 radical (unpaired) electrons. The number of aliphatic imine (C=N–C) groups is 1. The molecule has 2 saturated heterocycles. The van der Waals surface area contributed by atoms with E-state index in [1.54, 1.807) is 7.11 Å². The number of aryl methyl sites for hydroxylation is 1. The maximum atomic E-state index is 12.6. The van der Waals surface area contributed by atoms with Crippen molar-refractivity contribution in [2.24, 2.45) is 4.99 Å². The van der Waals surface area contributed by atoms with Crippen molar-refractivity contribution in [3.05, 3.63) is 65.2 Å². The van der Waals surface area contributed by atoms with Crippen molar-refractivity contribution in [1.82, 2.24) is 4.90 Å². The Bertz CT molecular complexity index is 1060. The molecule has 1 amide bonds. The molecule has 0 N–H and O–H groups in total. The van der Waals surface area contributed by atoms with Crippen molar-refractivity contribution >= 4 is 32.7 Å². The number of fused-ring (bicyclic) bond motifs is 1. The van der Waals surface area contributed by atoms with Gasteiger partial charge in [-0.15, -0.1) is 0 Å². The molecule has 2 aromatic rings. The van der Waals surface area contributed by atoms with E-state index in [9.17, 15) is 13.2 Å². The van der Waals surface area contributed by atoms with Gasteiger partial charge in [0.05, 0.1) is 31.1 Å². The maximum absolute atomic E-state index is 12.6. The van der Waals surface area contributed by atoms with Crippen molar-refractivity contribution in [3.8, 4) is 5.75 Å². The second-order valence-corrected chi connectivity index (χ2v) is 11.1. The maximum Gasteiger partial charge on any atom is 0.252 e. The molecule has 2 aromatic carbocycles. The van der Waals surface area contributed by atoms with Crippen molar-refractivity contribution in [2.45, 2.75) is 31.2 Å². The zero-order valence-corrected chi connectivity index (χ0v) is 18.6. The Hall–Kier alpha value is -2.32. The Morgan fingerprint density at radius 2 is 1.77 bits per heavy atom. The minimum atomic E-state index is -3.07. The van der Waals surface area contributed by atoms with Gasteiger partial charge in [-0.05, 0) is 30.2 Å². The van der Waals surface area contributed by atoms with Crippen LogP contribution in [0.2, 0.25) is 0 Å². The summed E-state index contributed by atoms with van der Waals surface area (Å²) in [6, 6.07) is 15.3. The van der Waals surface area contributed by atoms with E-state index in [0.717, 1.165) is 22.4 Å². The third-order valence-electron chi connectivity index (χ3n) is 5.38. The second kappa shape index (κ2) is 8.43. The molecule has 0 aliphatic carbocycles. The van der Waals surface area contributed by atoms with Crippen LogP contribution in [0.1, 0.15) is 16.7 Å². The van der Waals surface area contributed by atoms with Crippen molar-refractivity contribution < 1.29 is 17.9 Å². The van der Waals surface area contributed by atoms with Crippen LogP contribution in [0.15, 0.2) is 53.5 Å². The van der Waals surface area contributed by atoms with Gasteiger partial charge in [0, 0.05) is 11.8 Å². The second-order valence-electron chi connectivity index (χ2n) is 7.73. The summed E-state index contributed by atoms with van der Waals surface area (Å²) in [5.74, 6) is 0.778. The van der Waals surface area contributed by atoms with Gasteiger partial charge in [-0.3, -0.25) is 4.79 Å². The van der Waals surface area contributed by atoms with E-state index in [2.05, 4.69) is 4.99 Å². The molecule has 2 unspecified atom stereocenters. The molecule has 2 heterocycles. The van der Waals surface area contributed by atoms with Gasteiger partial charge >= 0.3 is 0 Å². The smallest absolute Gasteiger partial charge is 0.252 e. The van der Waals surface area contributed by atoms with E-state index in [1.807, 2.05) is 60.4 Å². The highest BCUT2D eigenvalue weighted by Crippen LogP contribution is 2.39. The average molecular weight is 445 g/mol. The number of amides is 1. The van der Waals surface area contributed by atoms with Gasteiger partial charge in [0.15, 0.2) is 15.0 Å². The zero-order chi connectivity index (χ0) is 21.3. The van der Waals surface area contributed by atoms with Gasteiger partial charge in [-0.25, -0.2) is 8.42 Å². The zero-order valence-electron chi connectivity index (χ0n) is 16.9. The predicted octanol–water partition coefficient (Wildman–Crippen LogP) is 2.84. The van der Waals surface area contributed by atoms with Crippen molar-refractivity contribution in [2.75, 3.05) is 18.6 Å². The number of amidine groups is 1. The van der Waals surface area contributed by atoms with Gasteiger partial charge < -0.3 is 9.64 Å². The average Bonchev–Trinajstić information content (AvgIpc) is 3.16. The Kier molecular flexibility index (Phi) is 5.88. The number of ether oxygens (including phenoxy) is 1. The van der Waals surface area contributed by atoms with E-state index in [0.29, 0.717) is 11.7 Å². The fourth-order valence-electron chi connectivity index (χ4n) is 3.77. The molecule has 8 heteroatoms. The standard InChI is InChI=1S/C22H24N2O4S2/c1-15-3-5-16(6-4-15)11-21(25)23-22-24(12-17-7-9-18(28-2)10-8-17)19-13-30(26,27)14-20(19)29-22/h3-10,19-20H,11-14H2,1-2H3. The highest BCUT2D eigenvalue weighted by molar-refractivity contribution is 8.15. The highest BCUT2D eigenvalue weighted by atomic mass is 32.2. The number of carbonyl (C=O) groups excluding carboxylic acids is 1. The lowest BCUT2D eigenvalue weighted by molar-refractivity contribution is -0.117. The number of thioether (sulfide) groups is 1. The Morgan fingerprint density at radius 3 is 2.43 bits per heavy atom. The number of carbonyl (C=O) groups is 1. The molecule has 2 aliphatic heterocycles. The van der Waals surface area contributed by atoms with Crippen LogP contribution >= 0.6 is 11.8 Å². The third-order valence-corrected chi connectivity index (χ3v) is 8.63. The fraction of sp³-hybridized carbons (Fsp3) is 0.364. The van der Waals surface area contributed by atoms with Crippen LogP contribution in [-0.2, 0) is 27.6 Å². The summed E-state index contributed by atoms with van der Waals surface area (Å²) in [5, 5.41) is 0.534. The van der Waals surface area contributed by atoms with Crippen LogP contribution in [0, 0.1) is 6.92 Å². The van der Waals surface area contributed by atoms with Crippen molar-refractivity contribution in [3.63, 3.8) is 0 Å². The number of nitrogens with zero attached hydrogens (tertiary/aromatic N) is 2. The van der Waals surface area contributed by atoms with E-state index >= 15 is 0 Å². The topological polar surface area (TPSA) is 76.0 Å². The molecule has 0 spiro atoms. The third kappa shape index (κ3) is 4.70. The van der Waals surface area contributed by atoms with Gasteiger partial charge in [-0.2, -0.15) is 4.99 Å². The molecule has 30 heavy (non-hydrogen) atoms. The number of hydrogen-bond donors (Lipinski definition) is 0. The van der Waals surface area contributed by atoms with E-state index in [1.165, 1.54) is 11.8 Å². The van der Waals surface area contributed by atoms with E-state index < -0.39 is 9.84 Å². The normalized spacial score (nSPS) is 23.5. The van der Waals surface area contributed by atoms with Crippen LogP contribution < -0.4 is 4.74 Å². The minimum Gasteiger partial charge on any atom is -0.497 e. The Morgan fingerprint density at radius 1 is 1.10 bits per heavy atom. The van der Waals surface area contributed by atoms with Crippen LogP contribution in [0.4, 0.5) is 0 Å². The molecule has 0 bridgehead atoms. The molecule has 0 aromatic heterocycles. The van der Waals surface area contributed by atoms with Gasteiger partial charge in [0.2, 0.25) is 0 Å². The lowest BCUT2D eigenvalue weighted by Crippen LogP contribution is -2.37. The number of hydrogen-bond acceptors (Lipinski definition) is 5. The summed E-state index contributed by atoms with van der Waals surface area (Å²) in [5.41, 5.74) is 3.08. The monoisotopic (exact) mass is 444 g/mol. The minimum absolute atomic E-state index is 0.0841. The van der Waals surface area contributed by atoms with Crippen LogP contribution in [-0.4, -0.2) is 54.3 Å². The summed E-state index contributed by atoms with van der Waals surface area (Å²) < 4.78 is 29.5. The first-order chi connectivity index (χ1) is 14.3. The van der Waals surface area contributed by atoms with Crippen molar-refractivity contribution in [1.29, 1.82) is 0 Å². The number of methoxy groups -OCH3 is 1. The van der Waals surface area contributed by atoms with Gasteiger partial charge in [-0.1, -0.05) is 53.7 Å². The summed E-state index contributed by atoms with van der Waals surface area (Å²) >= 11 is 1.41. The summed E-state index contributed by atoms with van der Waals surface area (Å²) in [4.78, 5) is 19.0. The molecule has 2 atom stereocenters. The Balaban J connectivity index is 1.55. The molecule has 6 nitrogen and oxygen atoms in total. The van der Waals surface area contributed by atoms with Gasteiger partial charge in [0.25, 0.3) is 5.91 Å². The summed E-state index contributed by atoms with van der Waals surface area (Å²) in [6.45, 7) is 2.51. The largest absolute Gasteiger partial charge is 0.497 e. The fourth-order valence-corrected chi connectivity index (χ4v) is 7.74. The SMILES string of the molecule is COc1ccc(CN2C(=NC(=O)Cc3ccc(C)cc3)SC3CS(=O)(=O)CC32)cc1. The van der Waals surface area contributed by atoms with E-state index in [4.69, 9.17) is 4.74 Å². The Labute approximate surface area is 181 Å². The first-order valence-corrected chi connectivity index (χ1v) is 12.5. The molecule has 0 saturated carbocycles. The summed E-state index contributed by atoms with van der Waals surface area (Å²) in [7, 11) is -1.45. The molecule has 2 fully saturated rings. The van der Waals surface area contributed by atoms with E-state index in [-0.39, 0.29) is 35.1 Å². The lowest BCUT2D eigenvalue weighted by atomic mass is 10.1. The van der Waals surface area contributed by atoms with Gasteiger partial charge in [0.1, 0.15) is 5.75 Å². The quantitative estimate of drug-likeness (QED) is 0.706. The number of rotatable bonds is 5. The number of sulfone groups is 1. The predicted molar refractivity (Wildman–Crippen MR) is 120 cm³/mol. The van der Waals surface area contributed by atoms with Crippen LogP contribution in [0.5, 0.6) is 5.75 Å². The first-order valence-electron chi connectivity index (χ1n) is 9.77. The number of benzene rings is 2. The molecule has 2 aliphatic rings. The summed E-state index contributed by atoms with van der Waals surface area (Å²) in [6.07, 6.45) is 0.231. The van der Waals surface area contributed by atoms with Crippen LogP contribution in [0.25, 0.3) is 0 Å². The molecule has 4 rings (SSSR count).